The van der Waals surface area contributed by atoms with Crippen LogP contribution in [-0.4, -0.2) is 22.4 Å². The standard InChI is InChI=1S/C14H15F3N4O2/c1-7-4-8(12(23-7)14(15,16)17)5-19-13(22)11-10-9(2-3-18-11)20-6-21-10/h4,6,11,18H,2-3,5H2,1H3,(H,19,22)(H,20,21)/t11-/m1/s1. The Balaban J connectivity index is 1.72. The van der Waals surface area contributed by atoms with Crippen molar-refractivity contribution in [1.29, 1.82) is 0 Å². The second-order valence-corrected chi connectivity index (χ2v) is 5.33. The van der Waals surface area contributed by atoms with E-state index in [0.29, 0.717) is 12.2 Å². The molecule has 1 amide bonds. The molecule has 124 valence electrons. The van der Waals surface area contributed by atoms with E-state index < -0.39 is 23.9 Å². The number of nitrogens with one attached hydrogen (secondary N) is 3. The minimum atomic E-state index is -4.59. The van der Waals surface area contributed by atoms with E-state index in [1.807, 2.05) is 0 Å². The molecule has 1 aliphatic heterocycles. The van der Waals surface area contributed by atoms with E-state index in [4.69, 9.17) is 4.42 Å². The first kappa shape index (κ1) is 15.6. The molecular formula is C14H15F3N4O2. The van der Waals surface area contributed by atoms with E-state index in [1.54, 1.807) is 0 Å². The minimum Gasteiger partial charge on any atom is -0.456 e. The SMILES string of the molecule is Cc1cc(CNC(=O)[C@@H]2NCCc3[nH]cnc32)c(C(F)(F)F)o1. The molecule has 2 aromatic rings. The Morgan fingerprint density at radius 3 is 3.04 bits per heavy atom. The maximum Gasteiger partial charge on any atom is 0.449 e. The number of hydrogen-bond donors (Lipinski definition) is 3. The molecule has 1 aliphatic rings. The number of carbonyl (C=O) groups is 1. The molecule has 1 atom stereocenters. The van der Waals surface area contributed by atoms with Crippen molar-refractivity contribution in [2.45, 2.75) is 32.1 Å². The van der Waals surface area contributed by atoms with Crippen LogP contribution >= 0.6 is 0 Å². The summed E-state index contributed by atoms with van der Waals surface area (Å²) in [6.45, 7) is 1.76. The molecule has 0 unspecified atom stereocenters. The van der Waals surface area contributed by atoms with Gasteiger partial charge in [0, 0.05) is 30.8 Å². The molecule has 0 aromatic carbocycles. The second kappa shape index (κ2) is 5.73. The summed E-state index contributed by atoms with van der Waals surface area (Å²) in [5.74, 6) is -1.36. The van der Waals surface area contributed by atoms with Gasteiger partial charge >= 0.3 is 6.18 Å². The van der Waals surface area contributed by atoms with Crippen molar-refractivity contribution in [3.8, 4) is 0 Å². The van der Waals surface area contributed by atoms with Crippen LogP contribution in [0, 0.1) is 6.92 Å². The Morgan fingerprint density at radius 2 is 2.30 bits per heavy atom. The summed E-state index contributed by atoms with van der Waals surface area (Å²) in [5.41, 5.74) is 1.34. The van der Waals surface area contributed by atoms with Crippen molar-refractivity contribution in [1.82, 2.24) is 20.6 Å². The number of aromatic nitrogens is 2. The van der Waals surface area contributed by atoms with E-state index in [1.165, 1.54) is 19.3 Å². The molecule has 0 aliphatic carbocycles. The number of aromatic amines is 1. The number of hydrogen-bond acceptors (Lipinski definition) is 4. The Kier molecular flexibility index (Phi) is 3.88. The number of H-pyrrole nitrogens is 1. The average Bonchev–Trinajstić information content (AvgIpc) is 3.09. The van der Waals surface area contributed by atoms with Gasteiger partial charge in [-0.05, 0) is 13.0 Å². The van der Waals surface area contributed by atoms with E-state index in [9.17, 15) is 18.0 Å². The van der Waals surface area contributed by atoms with Gasteiger partial charge in [-0.15, -0.1) is 0 Å². The molecule has 3 N–H and O–H groups in total. The second-order valence-electron chi connectivity index (χ2n) is 5.33. The third-order valence-corrected chi connectivity index (χ3v) is 3.65. The normalized spacial score (nSPS) is 17.8. The van der Waals surface area contributed by atoms with Gasteiger partial charge in [-0.1, -0.05) is 0 Å². The number of nitrogens with zero attached hydrogens (tertiary/aromatic N) is 1. The van der Waals surface area contributed by atoms with Crippen LogP contribution in [0.4, 0.5) is 13.2 Å². The fraction of sp³-hybridized carbons (Fsp3) is 0.429. The van der Waals surface area contributed by atoms with Gasteiger partial charge in [0.1, 0.15) is 11.8 Å². The molecule has 3 rings (SSSR count). The Bertz CT molecular complexity index is 720. The molecule has 2 aromatic heterocycles. The lowest BCUT2D eigenvalue weighted by Gasteiger charge is -2.22. The van der Waals surface area contributed by atoms with Gasteiger partial charge < -0.3 is 20.0 Å². The van der Waals surface area contributed by atoms with Gasteiger partial charge in [-0.3, -0.25) is 4.79 Å². The summed E-state index contributed by atoms with van der Waals surface area (Å²) in [6, 6.07) is 0.601. The number of imidazole rings is 1. The molecule has 6 nitrogen and oxygen atoms in total. The van der Waals surface area contributed by atoms with Crippen LogP contribution in [0.3, 0.4) is 0 Å². The van der Waals surface area contributed by atoms with Gasteiger partial charge in [-0.2, -0.15) is 13.2 Å². The first-order chi connectivity index (χ1) is 10.9. The lowest BCUT2D eigenvalue weighted by molar-refractivity contribution is -0.154. The van der Waals surface area contributed by atoms with E-state index >= 15 is 0 Å². The van der Waals surface area contributed by atoms with Crippen molar-refractivity contribution >= 4 is 5.91 Å². The summed E-state index contributed by atoms with van der Waals surface area (Å²) in [5, 5.41) is 5.52. The van der Waals surface area contributed by atoms with E-state index in [-0.39, 0.29) is 17.9 Å². The smallest absolute Gasteiger partial charge is 0.449 e. The third-order valence-electron chi connectivity index (χ3n) is 3.65. The Labute approximate surface area is 129 Å². The highest BCUT2D eigenvalue weighted by Gasteiger charge is 2.38. The van der Waals surface area contributed by atoms with Gasteiger partial charge in [0.25, 0.3) is 0 Å². The van der Waals surface area contributed by atoms with Crippen LogP contribution in [0.25, 0.3) is 0 Å². The number of carbonyl (C=O) groups excluding carboxylic acids is 1. The Hall–Kier alpha value is -2.29. The number of furan rings is 1. The number of halogens is 3. The van der Waals surface area contributed by atoms with Crippen molar-refractivity contribution in [2.24, 2.45) is 0 Å². The maximum atomic E-state index is 12.9. The fourth-order valence-corrected chi connectivity index (χ4v) is 2.66. The lowest BCUT2D eigenvalue weighted by atomic mass is 10.0. The van der Waals surface area contributed by atoms with Crippen LogP contribution in [0.2, 0.25) is 0 Å². The zero-order chi connectivity index (χ0) is 16.6. The predicted octanol–water partition coefficient (Wildman–Crippen LogP) is 1.83. The maximum absolute atomic E-state index is 12.9. The summed E-state index contributed by atoms with van der Waals surface area (Å²) >= 11 is 0. The fourth-order valence-electron chi connectivity index (χ4n) is 2.66. The molecular weight excluding hydrogens is 313 g/mol. The van der Waals surface area contributed by atoms with Crippen molar-refractivity contribution < 1.29 is 22.4 Å². The molecule has 9 heteroatoms. The Morgan fingerprint density at radius 1 is 1.52 bits per heavy atom. The van der Waals surface area contributed by atoms with Crippen LogP contribution in [0.15, 0.2) is 16.8 Å². The van der Waals surface area contributed by atoms with Crippen LogP contribution in [0.1, 0.15) is 34.5 Å². The lowest BCUT2D eigenvalue weighted by Crippen LogP contribution is -2.41. The molecule has 0 spiro atoms. The highest BCUT2D eigenvalue weighted by atomic mass is 19.4. The first-order valence-electron chi connectivity index (χ1n) is 7.06. The molecule has 0 saturated heterocycles. The minimum absolute atomic E-state index is 0.0959. The zero-order valence-electron chi connectivity index (χ0n) is 12.3. The van der Waals surface area contributed by atoms with E-state index in [2.05, 4.69) is 20.6 Å². The average molecular weight is 328 g/mol. The van der Waals surface area contributed by atoms with Crippen molar-refractivity contribution in [3.05, 3.63) is 40.9 Å². The summed E-state index contributed by atoms with van der Waals surface area (Å²) in [7, 11) is 0. The van der Waals surface area contributed by atoms with Gasteiger partial charge in [-0.25, -0.2) is 4.98 Å². The molecule has 0 radical (unpaired) electrons. The highest BCUT2D eigenvalue weighted by Crippen LogP contribution is 2.34. The first-order valence-corrected chi connectivity index (χ1v) is 7.06. The molecule has 0 fully saturated rings. The summed E-state index contributed by atoms with van der Waals surface area (Å²) < 4.78 is 43.3. The van der Waals surface area contributed by atoms with Crippen LogP contribution < -0.4 is 10.6 Å². The van der Waals surface area contributed by atoms with Crippen LogP contribution in [0.5, 0.6) is 0 Å². The molecule has 23 heavy (non-hydrogen) atoms. The van der Waals surface area contributed by atoms with Crippen LogP contribution in [-0.2, 0) is 23.9 Å². The molecule has 0 bridgehead atoms. The topological polar surface area (TPSA) is 83.0 Å². The summed E-state index contributed by atoms with van der Waals surface area (Å²) in [6.07, 6.45) is -2.37. The predicted molar refractivity (Wildman–Crippen MR) is 73.3 cm³/mol. The molecule has 0 saturated carbocycles. The largest absolute Gasteiger partial charge is 0.456 e. The highest BCUT2D eigenvalue weighted by molar-refractivity contribution is 5.83. The molecule has 3 heterocycles. The van der Waals surface area contributed by atoms with Crippen molar-refractivity contribution in [2.75, 3.05) is 6.54 Å². The number of amides is 1. The number of rotatable bonds is 3. The van der Waals surface area contributed by atoms with Gasteiger partial charge in [0.05, 0.1) is 12.0 Å². The quantitative estimate of drug-likeness (QED) is 0.803. The van der Waals surface area contributed by atoms with Gasteiger partial charge in [0.2, 0.25) is 11.7 Å². The number of aryl methyl sites for hydroxylation is 1. The van der Waals surface area contributed by atoms with Gasteiger partial charge in [0.15, 0.2) is 0 Å². The summed E-state index contributed by atoms with van der Waals surface area (Å²) in [4.78, 5) is 19.3. The number of alkyl halides is 3. The number of fused-ring (bicyclic) bond motifs is 1. The van der Waals surface area contributed by atoms with E-state index in [0.717, 1.165) is 12.1 Å². The van der Waals surface area contributed by atoms with Crippen molar-refractivity contribution in [3.63, 3.8) is 0 Å². The monoisotopic (exact) mass is 328 g/mol. The third kappa shape index (κ3) is 3.09. The zero-order valence-corrected chi connectivity index (χ0v) is 12.3.